The van der Waals surface area contributed by atoms with Crippen LogP contribution in [0.5, 0.6) is 11.5 Å². The number of methoxy groups -OCH3 is 2. The van der Waals surface area contributed by atoms with Gasteiger partial charge in [0.05, 0.1) is 13.7 Å². The second-order valence-corrected chi connectivity index (χ2v) is 5.79. The lowest BCUT2D eigenvalue weighted by Crippen LogP contribution is -2.31. The number of nitrogens with two attached hydrogens (primary N) is 1. The van der Waals surface area contributed by atoms with Crippen LogP contribution in [0.2, 0.25) is 0 Å². The molecule has 1 fully saturated rings. The van der Waals surface area contributed by atoms with Gasteiger partial charge in [-0.1, -0.05) is 13.0 Å². The van der Waals surface area contributed by atoms with Crippen molar-refractivity contribution in [3.8, 4) is 11.5 Å². The normalized spacial score (nSPS) is 17.6. The Morgan fingerprint density at radius 2 is 1.95 bits per heavy atom. The molecular formula is C16H25NO3. The van der Waals surface area contributed by atoms with Crippen molar-refractivity contribution in [2.24, 2.45) is 11.1 Å². The van der Waals surface area contributed by atoms with Crippen LogP contribution in [-0.4, -0.2) is 33.5 Å². The van der Waals surface area contributed by atoms with E-state index < -0.39 is 0 Å². The fraction of sp³-hybridized carbons (Fsp3) is 0.625. The highest BCUT2D eigenvalue weighted by molar-refractivity contribution is 5.43. The van der Waals surface area contributed by atoms with Crippen molar-refractivity contribution < 1.29 is 14.2 Å². The average molecular weight is 279 g/mol. The SMILES string of the molecule is COCCOc1cc(C[C@H](N)C2(C)CC2)ccc1OC. The minimum absolute atomic E-state index is 0.211. The highest BCUT2D eigenvalue weighted by Crippen LogP contribution is 2.48. The van der Waals surface area contributed by atoms with Crippen LogP contribution in [0.4, 0.5) is 0 Å². The second kappa shape index (κ2) is 6.46. The molecule has 0 aromatic heterocycles. The fourth-order valence-electron chi connectivity index (χ4n) is 2.26. The van der Waals surface area contributed by atoms with Gasteiger partial charge in [-0.15, -0.1) is 0 Å². The first-order valence-corrected chi connectivity index (χ1v) is 7.13. The van der Waals surface area contributed by atoms with Gasteiger partial charge in [0.25, 0.3) is 0 Å². The van der Waals surface area contributed by atoms with Crippen LogP contribution in [-0.2, 0) is 11.2 Å². The highest BCUT2D eigenvalue weighted by atomic mass is 16.5. The summed E-state index contributed by atoms with van der Waals surface area (Å²) in [6.45, 7) is 3.34. The molecule has 1 atom stereocenters. The summed E-state index contributed by atoms with van der Waals surface area (Å²) in [6.07, 6.45) is 3.35. The van der Waals surface area contributed by atoms with E-state index in [0.717, 1.165) is 17.9 Å². The summed E-state index contributed by atoms with van der Waals surface area (Å²) in [6, 6.07) is 6.25. The number of benzene rings is 1. The number of ether oxygens (including phenoxy) is 3. The van der Waals surface area contributed by atoms with Gasteiger partial charge < -0.3 is 19.9 Å². The average Bonchev–Trinajstić information content (AvgIpc) is 3.19. The first kappa shape index (κ1) is 15.1. The van der Waals surface area contributed by atoms with E-state index in [-0.39, 0.29) is 6.04 Å². The summed E-state index contributed by atoms with van der Waals surface area (Å²) in [5.74, 6) is 1.51. The van der Waals surface area contributed by atoms with Crippen LogP contribution in [0.25, 0.3) is 0 Å². The molecule has 0 saturated heterocycles. The molecule has 1 aromatic rings. The molecule has 2 rings (SSSR count). The van der Waals surface area contributed by atoms with Crippen LogP contribution in [0.3, 0.4) is 0 Å². The molecule has 4 nitrogen and oxygen atoms in total. The Bertz CT molecular complexity index is 443. The lowest BCUT2D eigenvalue weighted by Gasteiger charge is -2.19. The minimum atomic E-state index is 0.211. The van der Waals surface area contributed by atoms with E-state index in [4.69, 9.17) is 19.9 Å². The first-order chi connectivity index (χ1) is 9.59. The van der Waals surface area contributed by atoms with Gasteiger partial charge in [0.15, 0.2) is 11.5 Å². The zero-order valence-corrected chi connectivity index (χ0v) is 12.6. The molecule has 1 aliphatic carbocycles. The van der Waals surface area contributed by atoms with Crippen molar-refractivity contribution in [1.29, 1.82) is 0 Å². The van der Waals surface area contributed by atoms with Crippen molar-refractivity contribution >= 4 is 0 Å². The monoisotopic (exact) mass is 279 g/mol. The first-order valence-electron chi connectivity index (χ1n) is 7.13. The van der Waals surface area contributed by atoms with Crippen LogP contribution in [0.15, 0.2) is 18.2 Å². The molecule has 1 aromatic carbocycles. The quantitative estimate of drug-likeness (QED) is 0.742. The number of hydrogen-bond acceptors (Lipinski definition) is 4. The maximum absolute atomic E-state index is 6.30. The molecule has 0 heterocycles. The third-order valence-electron chi connectivity index (χ3n) is 4.16. The maximum atomic E-state index is 6.30. The van der Waals surface area contributed by atoms with Gasteiger partial charge in [-0.3, -0.25) is 0 Å². The molecular weight excluding hydrogens is 254 g/mol. The van der Waals surface area contributed by atoms with E-state index >= 15 is 0 Å². The predicted octanol–water partition coefficient (Wildman–Crippen LogP) is 2.39. The Morgan fingerprint density at radius 3 is 2.55 bits per heavy atom. The van der Waals surface area contributed by atoms with Crippen molar-refractivity contribution in [3.05, 3.63) is 23.8 Å². The Kier molecular flexibility index (Phi) is 4.89. The molecule has 112 valence electrons. The van der Waals surface area contributed by atoms with Gasteiger partial charge in [0.2, 0.25) is 0 Å². The number of rotatable bonds is 8. The lowest BCUT2D eigenvalue weighted by atomic mass is 9.93. The summed E-state index contributed by atoms with van der Waals surface area (Å²) in [7, 11) is 3.31. The molecule has 0 spiro atoms. The summed E-state index contributed by atoms with van der Waals surface area (Å²) in [5.41, 5.74) is 7.82. The van der Waals surface area contributed by atoms with Crippen LogP contribution >= 0.6 is 0 Å². The van der Waals surface area contributed by atoms with Gasteiger partial charge >= 0.3 is 0 Å². The topological polar surface area (TPSA) is 53.7 Å². The van der Waals surface area contributed by atoms with Crippen molar-refractivity contribution in [2.45, 2.75) is 32.2 Å². The summed E-state index contributed by atoms with van der Waals surface area (Å²) in [4.78, 5) is 0. The zero-order chi connectivity index (χ0) is 14.6. The largest absolute Gasteiger partial charge is 0.493 e. The maximum Gasteiger partial charge on any atom is 0.161 e. The fourth-order valence-corrected chi connectivity index (χ4v) is 2.26. The third kappa shape index (κ3) is 3.64. The molecule has 0 unspecified atom stereocenters. The van der Waals surface area contributed by atoms with E-state index in [9.17, 15) is 0 Å². The van der Waals surface area contributed by atoms with E-state index in [1.807, 2.05) is 12.1 Å². The summed E-state index contributed by atoms with van der Waals surface area (Å²) >= 11 is 0. The Hall–Kier alpha value is -1.26. The smallest absolute Gasteiger partial charge is 0.161 e. The molecule has 4 heteroatoms. The molecule has 0 amide bonds. The molecule has 0 aliphatic heterocycles. The lowest BCUT2D eigenvalue weighted by molar-refractivity contribution is 0.144. The van der Waals surface area contributed by atoms with Crippen molar-refractivity contribution in [1.82, 2.24) is 0 Å². The van der Waals surface area contributed by atoms with E-state index in [0.29, 0.717) is 18.6 Å². The summed E-state index contributed by atoms with van der Waals surface area (Å²) in [5, 5.41) is 0. The van der Waals surface area contributed by atoms with Crippen LogP contribution < -0.4 is 15.2 Å². The molecule has 2 N–H and O–H groups in total. The van der Waals surface area contributed by atoms with E-state index in [2.05, 4.69) is 13.0 Å². The Labute approximate surface area is 121 Å². The standard InChI is InChI=1S/C16H25NO3/c1-16(6-7-16)15(17)11-12-4-5-13(19-3)14(10-12)20-9-8-18-2/h4-5,10,15H,6-9,11,17H2,1-3H3/t15-/m0/s1. The molecule has 1 saturated carbocycles. The summed E-state index contributed by atoms with van der Waals surface area (Å²) < 4.78 is 16.0. The van der Waals surface area contributed by atoms with E-state index in [1.165, 1.54) is 18.4 Å². The highest BCUT2D eigenvalue weighted by Gasteiger charge is 2.42. The van der Waals surface area contributed by atoms with Crippen LogP contribution in [0, 0.1) is 5.41 Å². The Morgan fingerprint density at radius 1 is 1.20 bits per heavy atom. The Balaban J connectivity index is 2.04. The third-order valence-corrected chi connectivity index (χ3v) is 4.16. The van der Waals surface area contributed by atoms with E-state index in [1.54, 1.807) is 14.2 Å². The van der Waals surface area contributed by atoms with Crippen molar-refractivity contribution in [2.75, 3.05) is 27.4 Å². The van der Waals surface area contributed by atoms with Crippen LogP contribution in [0.1, 0.15) is 25.3 Å². The van der Waals surface area contributed by atoms with Gasteiger partial charge in [0, 0.05) is 13.2 Å². The molecule has 20 heavy (non-hydrogen) atoms. The number of hydrogen-bond donors (Lipinski definition) is 1. The molecule has 0 radical (unpaired) electrons. The van der Waals surface area contributed by atoms with Crippen molar-refractivity contribution in [3.63, 3.8) is 0 Å². The van der Waals surface area contributed by atoms with Gasteiger partial charge in [-0.2, -0.15) is 0 Å². The minimum Gasteiger partial charge on any atom is -0.493 e. The molecule has 0 bridgehead atoms. The zero-order valence-electron chi connectivity index (χ0n) is 12.6. The van der Waals surface area contributed by atoms with Gasteiger partial charge in [0.1, 0.15) is 6.61 Å². The van der Waals surface area contributed by atoms with Gasteiger partial charge in [-0.05, 0) is 42.4 Å². The predicted molar refractivity (Wildman–Crippen MR) is 79.4 cm³/mol. The van der Waals surface area contributed by atoms with Gasteiger partial charge in [-0.25, -0.2) is 0 Å². The molecule has 1 aliphatic rings. The second-order valence-electron chi connectivity index (χ2n) is 5.79.